The Morgan fingerprint density at radius 2 is 1.80 bits per heavy atom. The lowest BCUT2D eigenvalue weighted by molar-refractivity contribution is 0.600. The molecule has 106 valence electrons. The van der Waals surface area contributed by atoms with Gasteiger partial charge in [0.2, 0.25) is 10.0 Å². The Balaban J connectivity index is 2.17. The van der Waals surface area contributed by atoms with Crippen LogP contribution >= 0.6 is 11.6 Å². The fourth-order valence-corrected chi connectivity index (χ4v) is 3.10. The molecule has 0 unspecified atom stereocenters. The third-order valence-electron chi connectivity index (χ3n) is 2.53. The van der Waals surface area contributed by atoms with Gasteiger partial charge in [-0.1, -0.05) is 23.7 Å². The van der Waals surface area contributed by atoms with Gasteiger partial charge in [-0.25, -0.2) is 12.8 Å². The van der Waals surface area contributed by atoms with Crippen molar-refractivity contribution < 1.29 is 12.8 Å². The molecule has 0 amide bonds. The van der Waals surface area contributed by atoms with Crippen LogP contribution in [0.25, 0.3) is 0 Å². The first kappa shape index (κ1) is 14.6. The highest BCUT2D eigenvalue weighted by Gasteiger charge is 2.14. The van der Waals surface area contributed by atoms with Crippen LogP contribution in [0.3, 0.4) is 0 Å². The van der Waals surface area contributed by atoms with Gasteiger partial charge in [0.05, 0.1) is 16.5 Å². The molecule has 7 heteroatoms. The second-order valence-corrected chi connectivity index (χ2v) is 6.36. The molecule has 0 atom stereocenters. The van der Waals surface area contributed by atoms with E-state index in [-0.39, 0.29) is 16.5 Å². The molecule has 2 aromatic carbocycles. The number of hydrogen-bond acceptors (Lipinski definition) is 3. The van der Waals surface area contributed by atoms with E-state index in [0.29, 0.717) is 11.3 Å². The second kappa shape index (κ2) is 5.68. The average molecular weight is 315 g/mol. The van der Waals surface area contributed by atoms with Gasteiger partial charge in [0, 0.05) is 5.69 Å². The zero-order valence-corrected chi connectivity index (χ0v) is 11.9. The van der Waals surface area contributed by atoms with Crippen LogP contribution in [0.4, 0.5) is 15.8 Å². The van der Waals surface area contributed by atoms with Crippen LogP contribution in [0.1, 0.15) is 5.56 Å². The summed E-state index contributed by atoms with van der Waals surface area (Å²) in [5.41, 5.74) is 6.82. The number of nitrogens with two attached hydrogens (primary N) is 1. The molecule has 20 heavy (non-hydrogen) atoms. The first-order valence-corrected chi connectivity index (χ1v) is 7.69. The summed E-state index contributed by atoms with van der Waals surface area (Å²) in [5.74, 6) is -0.752. The highest BCUT2D eigenvalue weighted by molar-refractivity contribution is 7.91. The molecule has 2 rings (SSSR count). The Bertz CT molecular complexity index is 718. The summed E-state index contributed by atoms with van der Waals surface area (Å²) < 4.78 is 39.2. The van der Waals surface area contributed by atoms with Crippen molar-refractivity contribution in [3.8, 4) is 0 Å². The zero-order valence-electron chi connectivity index (χ0n) is 10.3. The molecule has 0 spiro atoms. The summed E-state index contributed by atoms with van der Waals surface area (Å²) in [6, 6.07) is 9.95. The Labute approximate surface area is 121 Å². The van der Waals surface area contributed by atoms with Crippen LogP contribution in [0.15, 0.2) is 42.5 Å². The highest BCUT2D eigenvalue weighted by Crippen LogP contribution is 2.24. The van der Waals surface area contributed by atoms with E-state index >= 15 is 0 Å². The van der Waals surface area contributed by atoms with Gasteiger partial charge in [-0.15, -0.1) is 0 Å². The van der Waals surface area contributed by atoms with Crippen LogP contribution in [0.2, 0.25) is 5.02 Å². The summed E-state index contributed by atoms with van der Waals surface area (Å²) >= 11 is 5.78. The van der Waals surface area contributed by atoms with Crippen LogP contribution in [0.5, 0.6) is 0 Å². The van der Waals surface area contributed by atoms with Gasteiger partial charge in [-0.2, -0.15) is 0 Å². The normalized spacial score (nSPS) is 11.3. The molecule has 0 aromatic heterocycles. The molecular weight excluding hydrogens is 303 g/mol. The van der Waals surface area contributed by atoms with Crippen molar-refractivity contribution in [2.24, 2.45) is 0 Å². The lowest BCUT2D eigenvalue weighted by Crippen LogP contribution is -2.15. The predicted octanol–water partition coefficient (Wildman–Crippen LogP) is 3.00. The van der Waals surface area contributed by atoms with Crippen molar-refractivity contribution in [3.05, 3.63) is 58.9 Å². The molecule has 0 aliphatic rings. The number of anilines is 2. The molecule has 3 N–H and O–H groups in total. The monoisotopic (exact) mass is 314 g/mol. The minimum atomic E-state index is -3.63. The molecule has 0 fully saturated rings. The maximum Gasteiger partial charge on any atom is 0.236 e. The summed E-state index contributed by atoms with van der Waals surface area (Å²) in [5, 5.41) is 0.00545. The lowest BCUT2D eigenvalue weighted by Gasteiger charge is -2.09. The van der Waals surface area contributed by atoms with E-state index in [4.69, 9.17) is 17.3 Å². The van der Waals surface area contributed by atoms with Gasteiger partial charge in [-0.05, 0) is 35.9 Å². The Kier molecular flexibility index (Phi) is 4.15. The van der Waals surface area contributed by atoms with Crippen LogP contribution in [0, 0.1) is 5.82 Å². The van der Waals surface area contributed by atoms with E-state index in [2.05, 4.69) is 4.72 Å². The third kappa shape index (κ3) is 3.85. The molecule has 0 radical (unpaired) electrons. The fraction of sp³-hybridized carbons (Fsp3) is 0.0769. The van der Waals surface area contributed by atoms with Gasteiger partial charge in [0.1, 0.15) is 5.82 Å². The van der Waals surface area contributed by atoms with E-state index in [0.717, 1.165) is 12.1 Å². The Hall–Kier alpha value is -1.79. The number of rotatable bonds is 4. The van der Waals surface area contributed by atoms with Gasteiger partial charge < -0.3 is 5.73 Å². The van der Waals surface area contributed by atoms with E-state index in [1.807, 2.05) is 0 Å². The SMILES string of the molecule is Nc1ccc(CS(=O)(=O)Nc2ccc(F)cc2Cl)cc1. The van der Waals surface area contributed by atoms with Crippen LogP contribution < -0.4 is 10.5 Å². The summed E-state index contributed by atoms with van der Waals surface area (Å²) in [6.45, 7) is 0. The molecule has 0 heterocycles. The average Bonchev–Trinajstić information content (AvgIpc) is 2.35. The number of hydrogen-bond donors (Lipinski definition) is 2. The lowest BCUT2D eigenvalue weighted by atomic mass is 10.2. The minimum absolute atomic E-state index is 0.00545. The summed E-state index contributed by atoms with van der Waals surface area (Å²) in [6.07, 6.45) is 0. The van der Waals surface area contributed by atoms with Crippen LogP contribution in [-0.4, -0.2) is 8.42 Å². The number of benzene rings is 2. The Morgan fingerprint density at radius 1 is 1.15 bits per heavy atom. The molecule has 0 aliphatic carbocycles. The molecule has 2 aromatic rings. The number of nitrogen functional groups attached to an aromatic ring is 1. The highest BCUT2D eigenvalue weighted by atomic mass is 35.5. The van der Waals surface area contributed by atoms with Gasteiger partial charge >= 0.3 is 0 Å². The largest absolute Gasteiger partial charge is 0.399 e. The molecule has 0 saturated heterocycles. The van der Waals surface area contributed by atoms with Crippen molar-refractivity contribution in [3.63, 3.8) is 0 Å². The molecular formula is C13H12ClFN2O2S. The third-order valence-corrected chi connectivity index (χ3v) is 4.09. The first-order chi connectivity index (χ1) is 9.35. The quantitative estimate of drug-likeness (QED) is 0.852. The topological polar surface area (TPSA) is 72.2 Å². The number of nitrogens with one attached hydrogen (secondary N) is 1. The van der Waals surface area contributed by atoms with E-state index < -0.39 is 15.8 Å². The molecule has 0 bridgehead atoms. The maximum atomic E-state index is 12.9. The van der Waals surface area contributed by atoms with Gasteiger partial charge in [0.15, 0.2) is 0 Å². The number of sulfonamides is 1. The van der Waals surface area contributed by atoms with E-state index in [1.54, 1.807) is 24.3 Å². The maximum absolute atomic E-state index is 12.9. The van der Waals surface area contributed by atoms with Crippen molar-refractivity contribution in [2.45, 2.75) is 5.75 Å². The standard InChI is InChI=1S/C13H12ClFN2O2S/c14-12-7-10(15)3-6-13(12)17-20(18,19)8-9-1-4-11(16)5-2-9/h1-7,17H,8,16H2. The van der Waals surface area contributed by atoms with Gasteiger partial charge in [-0.3, -0.25) is 4.72 Å². The van der Waals surface area contributed by atoms with Gasteiger partial charge in [0.25, 0.3) is 0 Å². The predicted molar refractivity (Wildman–Crippen MR) is 78.5 cm³/mol. The fourth-order valence-electron chi connectivity index (χ4n) is 1.61. The second-order valence-electron chi connectivity index (χ2n) is 4.23. The van der Waals surface area contributed by atoms with Crippen molar-refractivity contribution in [1.82, 2.24) is 0 Å². The Morgan fingerprint density at radius 3 is 2.40 bits per heavy atom. The molecule has 0 aliphatic heterocycles. The first-order valence-electron chi connectivity index (χ1n) is 5.66. The van der Waals surface area contributed by atoms with E-state index in [1.165, 1.54) is 6.07 Å². The minimum Gasteiger partial charge on any atom is -0.399 e. The van der Waals surface area contributed by atoms with E-state index in [9.17, 15) is 12.8 Å². The summed E-state index contributed by atoms with van der Waals surface area (Å²) in [4.78, 5) is 0. The van der Waals surface area contributed by atoms with Crippen LogP contribution in [-0.2, 0) is 15.8 Å². The number of halogens is 2. The smallest absolute Gasteiger partial charge is 0.236 e. The zero-order chi connectivity index (χ0) is 14.8. The summed E-state index contributed by atoms with van der Waals surface area (Å²) in [7, 11) is -3.63. The van der Waals surface area contributed by atoms with Crippen molar-refractivity contribution in [1.29, 1.82) is 0 Å². The van der Waals surface area contributed by atoms with Crippen molar-refractivity contribution in [2.75, 3.05) is 10.5 Å². The molecule has 4 nitrogen and oxygen atoms in total. The van der Waals surface area contributed by atoms with Crippen molar-refractivity contribution >= 4 is 33.0 Å². The molecule has 0 saturated carbocycles.